The van der Waals surface area contributed by atoms with Crippen molar-refractivity contribution in [3.05, 3.63) is 48.2 Å². The van der Waals surface area contributed by atoms with Gasteiger partial charge >= 0.3 is 0 Å². The van der Waals surface area contributed by atoms with E-state index in [4.69, 9.17) is 4.42 Å². The first kappa shape index (κ1) is 14.8. The van der Waals surface area contributed by atoms with Gasteiger partial charge in [0.2, 0.25) is 0 Å². The fraction of sp³-hybridized carbons (Fsp3) is 0.412. The zero-order valence-corrected chi connectivity index (χ0v) is 13.3. The number of fused-ring (bicyclic) bond motifs is 1. The van der Waals surface area contributed by atoms with Crippen LogP contribution >= 0.6 is 0 Å². The third-order valence-corrected chi connectivity index (χ3v) is 3.67. The van der Waals surface area contributed by atoms with E-state index in [9.17, 15) is 0 Å². The molecule has 3 aromatic rings. The Balaban J connectivity index is 1.67. The van der Waals surface area contributed by atoms with E-state index in [1.807, 2.05) is 22.9 Å². The summed E-state index contributed by atoms with van der Waals surface area (Å²) in [5.74, 6) is 2.45. The number of rotatable bonds is 6. The minimum absolute atomic E-state index is 0.122. The molecule has 0 aliphatic heterocycles. The maximum atomic E-state index is 5.89. The SMILES string of the molecule is CC(C)Cn1ncnc1CNC(C)c1cc2ccccc2o1. The Morgan fingerprint density at radius 2 is 2.05 bits per heavy atom. The Hall–Kier alpha value is -2.14. The number of nitrogens with zero attached hydrogens (tertiary/aromatic N) is 3. The van der Waals surface area contributed by atoms with Crippen LogP contribution in [0.25, 0.3) is 11.0 Å². The van der Waals surface area contributed by atoms with Gasteiger partial charge in [0.1, 0.15) is 23.5 Å². The lowest BCUT2D eigenvalue weighted by atomic mass is 10.2. The Labute approximate surface area is 130 Å². The van der Waals surface area contributed by atoms with E-state index in [1.165, 1.54) is 0 Å². The van der Waals surface area contributed by atoms with Crippen molar-refractivity contribution in [3.8, 4) is 0 Å². The topological polar surface area (TPSA) is 55.9 Å². The minimum Gasteiger partial charge on any atom is -0.459 e. The van der Waals surface area contributed by atoms with Gasteiger partial charge in [-0.25, -0.2) is 9.67 Å². The number of para-hydroxylation sites is 1. The van der Waals surface area contributed by atoms with Crippen LogP contribution in [0.5, 0.6) is 0 Å². The Morgan fingerprint density at radius 3 is 2.82 bits per heavy atom. The van der Waals surface area contributed by atoms with Crippen molar-refractivity contribution in [2.75, 3.05) is 0 Å². The van der Waals surface area contributed by atoms with Gasteiger partial charge in [0, 0.05) is 11.9 Å². The first-order chi connectivity index (χ1) is 10.6. The molecule has 0 amide bonds. The lowest BCUT2D eigenvalue weighted by Crippen LogP contribution is -2.21. The van der Waals surface area contributed by atoms with E-state index in [-0.39, 0.29) is 6.04 Å². The number of benzene rings is 1. The average Bonchev–Trinajstić information content (AvgIpc) is 3.10. The average molecular weight is 298 g/mol. The maximum absolute atomic E-state index is 5.89. The van der Waals surface area contributed by atoms with Gasteiger partial charge in [-0.05, 0) is 25.0 Å². The van der Waals surface area contributed by atoms with Crippen LogP contribution in [-0.2, 0) is 13.1 Å². The lowest BCUT2D eigenvalue weighted by molar-refractivity contribution is 0.423. The number of furan rings is 1. The van der Waals surface area contributed by atoms with E-state index in [0.717, 1.165) is 29.1 Å². The summed E-state index contributed by atoms with van der Waals surface area (Å²) in [6.45, 7) is 8.01. The molecular formula is C17H22N4O. The minimum atomic E-state index is 0.122. The highest BCUT2D eigenvalue weighted by Crippen LogP contribution is 2.23. The molecule has 0 spiro atoms. The van der Waals surface area contributed by atoms with Gasteiger partial charge in [-0.1, -0.05) is 32.0 Å². The van der Waals surface area contributed by atoms with Crippen molar-refractivity contribution >= 4 is 11.0 Å². The molecule has 0 aliphatic rings. The monoisotopic (exact) mass is 298 g/mol. The molecule has 3 rings (SSSR count). The first-order valence-corrected chi connectivity index (χ1v) is 7.72. The zero-order valence-electron chi connectivity index (χ0n) is 13.3. The Morgan fingerprint density at radius 1 is 1.23 bits per heavy atom. The van der Waals surface area contributed by atoms with Gasteiger partial charge in [0.15, 0.2) is 0 Å². The Bertz CT molecular complexity index is 711. The summed E-state index contributed by atoms with van der Waals surface area (Å²) in [5, 5.41) is 8.88. The molecule has 5 heteroatoms. The molecule has 22 heavy (non-hydrogen) atoms. The van der Waals surface area contributed by atoms with Crippen LogP contribution in [0.1, 0.15) is 38.4 Å². The molecule has 0 aliphatic carbocycles. The van der Waals surface area contributed by atoms with Crippen LogP contribution in [0.4, 0.5) is 0 Å². The van der Waals surface area contributed by atoms with Crippen LogP contribution < -0.4 is 5.32 Å². The molecule has 1 aromatic carbocycles. The highest BCUT2D eigenvalue weighted by molar-refractivity contribution is 5.77. The summed E-state index contributed by atoms with van der Waals surface area (Å²) in [4.78, 5) is 4.34. The Kier molecular flexibility index (Phi) is 4.24. The van der Waals surface area contributed by atoms with E-state index in [2.05, 4.69) is 48.3 Å². The predicted octanol–water partition coefficient (Wildman–Crippen LogP) is 3.53. The fourth-order valence-electron chi connectivity index (χ4n) is 2.48. The molecule has 1 unspecified atom stereocenters. The van der Waals surface area contributed by atoms with Gasteiger partial charge in [0.25, 0.3) is 0 Å². The number of hydrogen-bond donors (Lipinski definition) is 1. The lowest BCUT2D eigenvalue weighted by Gasteiger charge is -2.12. The maximum Gasteiger partial charge on any atom is 0.140 e. The molecule has 0 saturated heterocycles. The third-order valence-electron chi connectivity index (χ3n) is 3.67. The van der Waals surface area contributed by atoms with E-state index in [1.54, 1.807) is 6.33 Å². The van der Waals surface area contributed by atoms with Crippen molar-refractivity contribution in [2.24, 2.45) is 5.92 Å². The van der Waals surface area contributed by atoms with Gasteiger partial charge in [-0.2, -0.15) is 5.10 Å². The second-order valence-electron chi connectivity index (χ2n) is 6.04. The quantitative estimate of drug-likeness (QED) is 0.756. The molecule has 1 N–H and O–H groups in total. The molecule has 2 heterocycles. The molecule has 0 fully saturated rings. The van der Waals surface area contributed by atoms with E-state index >= 15 is 0 Å². The van der Waals surface area contributed by atoms with E-state index < -0.39 is 0 Å². The van der Waals surface area contributed by atoms with Gasteiger partial charge in [-0.15, -0.1) is 0 Å². The van der Waals surface area contributed by atoms with Gasteiger partial charge < -0.3 is 9.73 Å². The molecule has 5 nitrogen and oxygen atoms in total. The normalized spacial score (nSPS) is 13.1. The molecule has 116 valence electrons. The van der Waals surface area contributed by atoms with Crippen molar-refractivity contribution in [3.63, 3.8) is 0 Å². The van der Waals surface area contributed by atoms with Crippen LogP contribution in [-0.4, -0.2) is 14.8 Å². The summed E-state index contributed by atoms with van der Waals surface area (Å²) in [7, 11) is 0. The van der Waals surface area contributed by atoms with Gasteiger partial charge in [0.05, 0.1) is 12.6 Å². The number of nitrogens with one attached hydrogen (secondary N) is 1. The molecule has 1 atom stereocenters. The second kappa shape index (κ2) is 6.32. The van der Waals surface area contributed by atoms with Crippen LogP contribution in [0.2, 0.25) is 0 Å². The standard InChI is InChI=1S/C17H22N4O/c1-12(2)10-21-17(19-11-20-21)9-18-13(3)16-8-14-6-4-5-7-15(14)22-16/h4-8,11-13,18H,9-10H2,1-3H3. The van der Waals surface area contributed by atoms with E-state index in [0.29, 0.717) is 12.5 Å². The van der Waals surface area contributed by atoms with Crippen LogP contribution in [0.3, 0.4) is 0 Å². The van der Waals surface area contributed by atoms with Crippen LogP contribution in [0, 0.1) is 5.92 Å². The fourth-order valence-corrected chi connectivity index (χ4v) is 2.48. The summed E-state index contributed by atoms with van der Waals surface area (Å²) in [5.41, 5.74) is 0.925. The molecule has 2 aromatic heterocycles. The summed E-state index contributed by atoms with van der Waals surface area (Å²) in [6, 6.07) is 10.3. The predicted molar refractivity (Wildman–Crippen MR) is 86.3 cm³/mol. The number of aromatic nitrogens is 3. The highest BCUT2D eigenvalue weighted by Gasteiger charge is 2.13. The summed E-state index contributed by atoms with van der Waals surface area (Å²) >= 11 is 0. The first-order valence-electron chi connectivity index (χ1n) is 7.72. The molecule has 0 radical (unpaired) electrons. The zero-order chi connectivity index (χ0) is 15.5. The van der Waals surface area contributed by atoms with Crippen molar-refractivity contribution in [2.45, 2.75) is 39.9 Å². The molecule has 0 bridgehead atoms. The largest absolute Gasteiger partial charge is 0.459 e. The summed E-state index contributed by atoms with van der Waals surface area (Å²) < 4.78 is 7.85. The van der Waals surface area contributed by atoms with Crippen molar-refractivity contribution < 1.29 is 4.42 Å². The van der Waals surface area contributed by atoms with Gasteiger partial charge in [-0.3, -0.25) is 0 Å². The third kappa shape index (κ3) is 3.20. The van der Waals surface area contributed by atoms with Crippen LogP contribution in [0.15, 0.2) is 41.1 Å². The highest BCUT2D eigenvalue weighted by atomic mass is 16.3. The van der Waals surface area contributed by atoms with Crippen molar-refractivity contribution in [1.29, 1.82) is 0 Å². The smallest absolute Gasteiger partial charge is 0.140 e. The molecule has 0 saturated carbocycles. The van der Waals surface area contributed by atoms with Crippen molar-refractivity contribution in [1.82, 2.24) is 20.1 Å². The summed E-state index contributed by atoms with van der Waals surface area (Å²) in [6.07, 6.45) is 1.62. The second-order valence-corrected chi connectivity index (χ2v) is 6.04. The number of hydrogen-bond acceptors (Lipinski definition) is 4. The molecular weight excluding hydrogens is 276 g/mol.